The molecule has 94 valence electrons. The molecule has 2 heterocycles. The summed E-state index contributed by atoms with van der Waals surface area (Å²) < 4.78 is 0. The number of carbonyl (C=O) groups is 1. The van der Waals surface area contributed by atoms with Crippen molar-refractivity contribution in [3.05, 3.63) is 34.4 Å². The molecule has 0 aliphatic carbocycles. The normalized spacial score (nSPS) is 10.1. The summed E-state index contributed by atoms with van der Waals surface area (Å²) in [7, 11) is 3.47. The van der Waals surface area contributed by atoms with E-state index in [1.165, 1.54) is 11.3 Å². The van der Waals surface area contributed by atoms with E-state index >= 15 is 0 Å². The smallest absolute Gasteiger partial charge is 0.274 e. The van der Waals surface area contributed by atoms with E-state index in [9.17, 15) is 4.79 Å². The third-order valence-corrected chi connectivity index (χ3v) is 3.00. The lowest BCUT2D eigenvalue weighted by Gasteiger charge is -2.14. The fourth-order valence-electron chi connectivity index (χ4n) is 1.41. The van der Waals surface area contributed by atoms with Crippen molar-refractivity contribution in [2.75, 3.05) is 19.4 Å². The molecule has 0 atom stereocenters. The maximum absolute atomic E-state index is 12.0. The monoisotopic (exact) mass is 263 g/mol. The van der Waals surface area contributed by atoms with Crippen LogP contribution in [0.25, 0.3) is 0 Å². The van der Waals surface area contributed by atoms with Gasteiger partial charge in [0.05, 0.1) is 17.7 Å². The van der Waals surface area contributed by atoms with E-state index in [1.54, 1.807) is 36.6 Å². The first-order valence-corrected chi connectivity index (χ1v) is 6.29. The van der Waals surface area contributed by atoms with Crippen molar-refractivity contribution in [2.24, 2.45) is 0 Å². The SMILES string of the molecule is CNc1ccc(C(=O)N(C)Cc2cscn2)nn1. The van der Waals surface area contributed by atoms with Crippen LogP contribution in [-0.2, 0) is 6.54 Å². The maximum Gasteiger partial charge on any atom is 0.274 e. The Morgan fingerprint density at radius 1 is 1.44 bits per heavy atom. The zero-order chi connectivity index (χ0) is 13.0. The molecule has 1 amide bonds. The molecule has 0 aliphatic rings. The number of nitrogens with zero attached hydrogens (tertiary/aromatic N) is 4. The Morgan fingerprint density at radius 2 is 2.28 bits per heavy atom. The summed E-state index contributed by atoms with van der Waals surface area (Å²) in [6.07, 6.45) is 0. The van der Waals surface area contributed by atoms with Crippen LogP contribution in [0.4, 0.5) is 5.82 Å². The van der Waals surface area contributed by atoms with Crippen molar-refractivity contribution in [3.63, 3.8) is 0 Å². The van der Waals surface area contributed by atoms with E-state index in [4.69, 9.17) is 0 Å². The molecule has 0 aromatic carbocycles. The number of thiazole rings is 1. The van der Waals surface area contributed by atoms with E-state index in [2.05, 4.69) is 20.5 Å². The fourth-order valence-corrected chi connectivity index (χ4v) is 1.96. The van der Waals surface area contributed by atoms with Crippen molar-refractivity contribution in [2.45, 2.75) is 6.54 Å². The highest BCUT2D eigenvalue weighted by Crippen LogP contribution is 2.08. The molecule has 1 N–H and O–H groups in total. The molecule has 0 saturated heterocycles. The second-order valence-corrected chi connectivity index (χ2v) is 4.41. The standard InChI is InChI=1S/C11H13N5OS/c1-12-10-4-3-9(14-15-10)11(17)16(2)5-8-6-18-7-13-8/h3-4,6-7H,5H2,1-2H3,(H,12,15). The van der Waals surface area contributed by atoms with Gasteiger partial charge < -0.3 is 10.2 Å². The Morgan fingerprint density at radius 3 is 2.83 bits per heavy atom. The highest BCUT2D eigenvalue weighted by atomic mass is 32.1. The minimum atomic E-state index is -0.168. The average Bonchev–Trinajstić information content (AvgIpc) is 2.91. The van der Waals surface area contributed by atoms with Crippen molar-refractivity contribution in [3.8, 4) is 0 Å². The second kappa shape index (κ2) is 5.54. The molecule has 0 radical (unpaired) electrons. The topological polar surface area (TPSA) is 71.0 Å². The number of anilines is 1. The molecule has 0 spiro atoms. The van der Waals surface area contributed by atoms with Gasteiger partial charge in [-0.25, -0.2) is 4.98 Å². The second-order valence-electron chi connectivity index (χ2n) is 3.69. The number of amides is 1. The lowest BCUT2D eigenvalue weighted by Crippen LogP contribution is -2.27. The molecule has 0 fully saturated rings. The van der Waals surface area contributed by atoms with Gasteiger partial charge in [0.25, 0.3) is 5.91 Å². The van der Waals surface area contributed by atoms with Crippen LogP contribution >= 0.6 is 11.3 Å². The molecule has 2 rings (SSSR count). The number of nitrogens with one attached hydrogen (secondary N) is 1. The largest absolute Gasteiger partial charge is 0.372 e. The van der Waals surface area contributed by atoms with Crippen LogP contribution in [0.2, 0.25) is 0 Å². The summed E-state index contributed by atoms with van der Waals surface area (Å²) in [5, 5.41) is 12.5. The number of aromatic nitrogens is 3. The predicted octanol–water partition coefficient (Wildman–Crippen LogP) is 1.25. The molecule has 2 aromatic rings. The van der Waals surface area contributed by atoms with Crippen molar-refractivity contribution in [1.82, 2.24) is 20.1 Å². The van der Waals surface area contributed by atoms with Crippen LogP contribution < -0.4 is 5.32 Å². The van der Waals surface area contributed by atoms with Gasteiger partial charge in [0.2, 0.25) is 0 Å². The summed E-state index contributed by atoms with van der Waals surface area (Å²) in [6.45, 7) is 0.470. The van der Waals surface area contributed by atoms with E-state index in [0.717, 1.165) is 5.69 Å². The maximum atomic E-state index is 12.0. The summed E-state index contributed by atoms with van der Waals surface area (Å²) in [6, 6.07) is 3.37. The van der Waals surface area contributed by atoms with Crippen LogP contribution in [-0.4, -0.2) is 40.1 Å². The highest BCUT2D eigenvalue weighted by Gasteiger charge is 2.14. The summed E-state index contributed by atoms with van der Waals surface area (Å²) in [5.74, 6) is 0.465. The molecule has 0 aliphatic heterocycles. The number of hydrogen-bond donors (Lipinski definition) is 1. The van der Waals surface area contributed by atoms with Gasteiger partial charge in [0, 0.05) is 19.5 Å². The Kier molecular flexibility index (Phi) is 3.83. The Balaban J connectivity index is 2.05. The molecular formula is C11H13N5OS. The summed E-state index contributed by atoms with van der Waals surface area (Å²) in [5.41, 5.74) is 2.94. The van der Waals surface area contributed by atoms with Crippen LogP contribution in [0, 0.1) is 0 Å². The minimum absolute atomic E-state index is 0.168. The van der Waals surface area contributed by atoms with Crippen LogP contribution in [0.15, 0.2) is 23.0 Å². The minimum Gasteiger partial charge on any atom is -0.372 e. The Labute approximate surface area is 109 Å². The van der Waals surface area contributed by atoms with E-state index < -0.39 is 0 Å². The first-order valence-electron chi connectivity index (χ1n) is 5.34. The third kappa shape index (κ3) is 2.80. The Bertz CT molecular complexity index is 511. The van der Waals surface area contributed by atoms with Gasteiger partial charge in [0.1, 0.15) is 5.82 Å². The van der Waals surface area contributed by atoms with Gasteiger partial charge in [-0.1, -0.05) is 0 Å². The quantitative estimate of drug-likeness (QED) is 0.898. The molecular weight excluding hydrogens is 250 g/mol. The van der Waals surface area contributed by atoms with Gasteiger partial charge in [0.15, 0.2) is 5.69 Å². The zero-order valence-corrected chi connectivity index (χ0v) is 10.9. The van der Waals surface area contributed by atoms with Crippen molar-refractivity contribution in [1.29, 1.82) is 0 Å². The zero-order valence-electron chi connectivity index (χ0n) is 10.1. The molecule has 6 nitrogen and oxygen atoms in total. The van der Waals surface area contributed by atoms with Crippen LogP contribution in [0.5, 0.6) is 0 Å². The van der Waals surface area contributed by atoms with E-state index in [0.29, 0.717) is 18.1 Å². The predicted molar refractivity (Wildman–Crippen MR) is 69.5 cm³/mol. The van der Waals surface area contributed by atoms with Crippen molar-refractivity contribution >= 4 is 23.1 Å². The first-order chi connectivity index (χ1) is 8.70. The molecule has 2 aromatic heterocycles. The number of hydrogen-bond acceptors (Lipinski definition) is 6. The van der Waals surface area contributed by atoms with Crippen LogP contribution in [0.3, 0.4) is 0 Å². The molecule has 18 heavy (non-hydrogen) atoms. The fraction of sp³-hybridized carbons (Fsp3) is 0.273. The number of carbonyl (C=O) groups excluding carboxylic acids is 1. The number of rotatable bonds is 4. The summed E-state index contributed by atoms with van der Waals surface area (Å²) >= 11 is 1.51. The van der Waals surface area contributed by atoms with E-state index in [1.807, 2.05) is 5.38 Å². The molecule has 0 bridgehead atoms. The van der Waals surface area contributed by atoms with Gasteiger partial charge in [-0.05, 0) is 12.1 Å². The average molecular weight is 263 g/mol. The van der Waals surface area contributed by atoms with Gasteiger partial charge in [-0.3, -0.25) is 4.79 Å². The van der Waals surface area contributed by atoms with Crippen LogP contribution in [0.1, 0.15) is 16.2 Å². The summed E-state index contributed by atoms with van der Waals surface area (Å²) in [4.78, 5) is 17.8. The molecule has 0 saturated carbocycles. The van der Waals surface area contributed by atoms with Crippen molar-refractivity contribution < 1.29 is 4.79 Å². The first kappa shape index (κ1) is 12.4. The Hall–Kier alpha value is -2.02. The molecule has 7 heteroatoms. The lowest BCUT2D eigenvalue weighted by atomic mass is 10.3. The third-order valence-electron chi connectivity index (χ3n) is 2.37. The van der Waals surface area contributed by atoms with Gasteiger partial charge >= 0.3 is 0 Å². The van der Waals surface area contributed by atoms with Gasteiger partial charge in [-0.2, -0.15) is 0 Å². The van der Waals surface area contributed by atoms with Gasteiger partial charge in [-0.15, -0.1) is 21.5 Å². The van der Waals surface area contributed by atoms with E-state index in [-0.39, 0.29) is 5.91 Å². The highest BCUT2D eigenvalue weighted by molar-refractivity contribution is 7.07. The molecule has 0 unspecified atom stereocenters. The lowest BCUT2D eigenvalue weighted by molar-refractivity contribution is 0.0776.